The van der Waals surface area contributed by atoms with Crippen molar-refractivity contribution in [2.24, 2.45) is 0 Å². The number of nitrogens with zero attached hydrogens (tertiary/aromatic N) is 2. The van der Waals surface area contributed by atoms with Gasteiger partial charge in [0, 0.05) is 28.0 Å². The van der Waals surface area contributed by atoms with Gasteiger partial charge in [-0.2, -0.15) is 0 Å². The number of hydrogen-bond donors (Lipinski definition) is 1. The lowest BCUT2D eigenvalue weighted by Crippen LogP contribution is -2.36. The Morgan fingerprint density at radius 3 is 2.69 bits per heavy atom. The number of carbonyl (C=O) groups is 2. The van der Waals surface area contributed by atoms with E-state index in [0.29, 0.717) is 24.4 Å². The molecule has 0 unspecified atom stereocenters. The maximum absolute atomic E-state index is 13.4. The molecular formula is C25H27N3O3S. The first-order chi connectivity index (χ1) is 15.6. The van der Waals surface area contributed by atoms with E-state index in [1.807, 2.05) is 16.2 Å². The molecule has 1 N–H and O–H groups in total. The Hall–Kier alpha value is -3.06. The largest absolute Gasteiger partial charge is 0.462 e. The molecule has 1 aliphatic carbocycles. The number of carbonyl (C=O) groups excluding carboxylic acids is 2. The van der Waals surface area contributed by atoms with Crippen LogP contribution in [0.25, 0.3) is 5.00 Å². The van der Waals surface area contributed by atoms with Crippen LogP contribution in [0.4, 0.5) is 10.5 Å². The maximum Gasteiger partial charge on any atom is 0.338 e. The van der Waals surface area contributed by atoms with E-state index in [4.69, 9.17) is 4.74 Å². The summed E-state index contributed by atoms with van der Waals surface area (Å²) in [5, 5.41) is 4.28. The van der Waals surface area contributed by atoms with E-state index >= 15 is 0 Å². The minimum absolute atomic E-state index is 0.0670. The Kier molecular flexibility index (Phi) is 5.51. The zero-order valence-electron chi connectivity index (χ0n) is 18.4. The number of aryl methyl sites for hydroxylation is 1. The van der Waals surface area contributed by atoms with Crippen molar-refractivity contribution in [2.45, 2.75) is 52.1 Å². The molecule has 0 saturated heterocycles. The number of benzene rings is 1. The number of anilines is 1. The number of esters is 1. The lowest BCUT2D eigenvalue weighted by molar-refractivity contribution is 0.0526. The molecule has 166 valence electrons. The molecule has 2 amide bonds. The molecule has 0 radical (unpaired) electrons. The van der Waals surface area contributed by atoms with E-state index < -0.39 is 0 Å². The molecule has 5 rings (SSSR count). The van der Waals surface area contributed by atoms with Crippen LogP contribution in [0.2, 0.25) is 0 Å². The van der Waals surface area contributed by atoms with E-state index in [1.54, 1.807) is 31.2 Å². The Morgan fingerprint density at radius 2 is 1.91 bits per heavy atom. The summed E-state index contributed by atoms with van der Waals surface area (Å²) >= 11 is 1.89. The number of amides is 2. The summed E-state index contributed by atoms with van der Waals surface area (Å²) in [7, 11) is 0. The van der Waals surface area contributed by atoms with Crippen molar-refractivity contribution >= 4 is 29.0 Å². The zero-order valence-corrected chi connectivity index (χ0v) is 19.2. The van der Waals surface area contributed by atoms with Crippen molar-refractivity contribution in [3.63, 3.8) is 0 Å². The number of nitrogens with one attached hydrogen (secondary N) is 1. The SMILES string of the molecule is CCOC(=O)c1ccc(NC(=O)N2Cc3c(sc4c3CCCC4)-n3cccc3[C@H]2C)cc1. The van der Waals surface area contributed by atoms with Crippen molar-refractivity contribution < 1.29 is 14.3 Å². The number of hydrogen-bond acceptors (Lipinski definition) is 4. The molecule has 3 heterocycles. The van der Waals surface area contributed by atoms with Crippen LogP contribution in [-0.4, -0.2) is 28.1 Å². The lowest BCUT2D eigenvalue weighted by Gasteiger charge is -2.28. The van der Waals surface area contributed by atoms with Gasteiger partial charge in [-0.1, -0.05) is 0 Å². The van der Waals surface area contributed by atoms with Crippen LogP contribution in [0, 0.1) is 0 Å². The standard InChI is InChI=1S/C25H27N3O3S/c1-3-31-24(29)17-10-12-18(13-11-17)26-25(30)28-15-20-19-7-4-5-9-22(19)32-23(20)27-14-6-8-21(27)16(28)2/h6,8,10-14,16H,3-5,7,9,15H2,1-2H3,(H,26,30)/t16-/m1/s1. The van der Waals surface area contributed by atoms with Gasteiger partial charge in [-0.3, -0.25) is 0 Å². The fourth-order valence-corrected chi connectivity index (χ4v) is 6.11. The van der Waals surface area contributed by atoms with Crippen molar-refractivity contribution in [1.82, 2.24) is 9.47 Å². The number of ether oxygens (including phenoxy) is 1. The van der Waals surface area contributed by atoms with Crippen LogP contribution < -0.4 is 5.32 Å². The maximum atomic E-state index is 13.4. The van der Waals surface area contributed by atoms with Crippen molar-refractivity contribution in [3.8, 4) is 5.00 Å². The van der Waals surface area contributed by atoms with Crippen LogP contribution in [0.3, 0.4) is 0 Å². The Bertz CT molecular complexity index is 1160. The number of urea groups is 1. The topological polar surface area (TPSA) is 63.6 Å². The molecule has 0 saturated carbocycles. The molecule has 2 aliphatic rings. The second kappa shape index (κ2) is 8.47. The second-order valence-corrected chi connectivity index (χ2v) is 9.41. The smallest absolute Gasteiger partial charge is 0.338 e. The molecular weight excluding hydrogens is 422 g/mol. The molecule has 3 aromatic rings. The molecule has 0 bridgehead atoms. The highest BCUT2D eigenvalue weighted by molar-refractivity contribution is 7.15. The third kappa shape index (κ3) is 3.60. The normalized spacial score (nSPS) is 17.1. The number of fused-ring (bicyclic) bond motifs is 5. The van der Waals surface area contributed by atoms with Crippen molar-refractivity contribution in [3.05, 3.63) is 69.9 Å². The van der Waals surface area contributed by atoms with Gasteiger partial charge in [0.15, 0.2) is 0 Å². The van der Waals surface area contributed by atoms with Gasteiger partial charge < -0.3 is 19.5 Å². The predicted octanol–water partition coefficient (Wildman–Crippen LogP) is 5.70. The molecule has 0 fully saturated rings. The van der Waals surface area contributed by atoms with Gasteiger partial charge in [0.25, 0.3) is 0 Å². The van der Waals surface area contributed by atoms with Gasteiger partial charge in [0.05, 0.1) is 24.8 Å². The van der Waals surface area contributed by atoms with Crippen molar-refractivity contribution in [2.75, 3.05) is 11.9 Å². The molecule has 1 aromatic carbocycles. The number of thiophene rings is 1. The van der Waals surface area contributed by atoms with Crippen LogP contribution >= 0.6 is 11.3 Å². The summed E-state index contributed by atoms with van der Waals surface area (Å²) in [4.78, 5) is 28.7. The van der Waals surface area contributed by atoms with Gasteiger partial charge in [0.1, 0.15) is 5.00 Å². The first kappa shape index (κ1) is 20.8. The van der Waals surface area contributed by atoms with Gasteiger partial charge >= 0.3 is 12.0 Å². The Labute approximate surface area is 191 Å². The Balaban J connectivity index is 1.43. The van der Waals surface area contributed by atoms with Crippen LogP contribution in [0.15, 0.2) is 42.6 Å². The molecule has 32 heavy (non-hydrogen) atoms. The first-order valence-electron chi connectivity index (χ1n) is 11.2. The lowest BCUT2D eigenvalue weighted by atomic mass is 9.95. The third-order valence-electron chi connectivity index (χ3n) is 6.39. The minimum atomic E-state index is -0.359. The first-order valence-corrected chi connectivity index (χ1v) is 12.0. The van der Waals surface area contributed by atoms with Crippen LogP contribution in [0.1, 0.15) is 64.8 Å². The molecule has 2 aromatic heterocycles. The highest BCUT2D eigenvalue weighted by atomic mass is 32.1. The monoisotopic (exact) mass is 449 g/mol. The summed E-state index contributed by atoms with van der Waals surface area (Å²) in [5.41, 5.74) is 4.99. The van der Waals surface area contributed by atoms with E-state index in [9.17, 15) is 9.59 Å². The summed E-state index contributed by atoms with van der Waals surface area (Å²) in [5.74, 6) is -0.359. The van der Waals surface area contributed by atoms with E-state index in [1.165, 1.54) is 33.8 Å². The molecule has 6 nitrogen and oxygen atoms in total. The fourth-order valence-electron chi connectivity index (χ4n) is 4.71. The van der Waals surface area contributed by atoms with Gasteiger partial charge in [0.2, 0.25) is 0 Å². The molecule has 7 heteroatoms. The van der Waals surface area contributed by atoms with Gasteiger partial charge in [-0.05, 0) is 81.5 Å². The minimum Gasteiger partial charge on any atom is -0.462 e. The van der Waals surface area contributed by atoms with Gasteiger partial charge in [-0.15, -0.1) is 11.3 Å². The highest BCUT2D eigenvalue weighted by Gasteiger charge is 2.33. The fraction of sp³-hybridized carbons (Fsp3) is 0.360. The third-order valence-corrected chi connectivity index (χ3v) is 7.72. The number of aromatic nitrogens is 1. The van der Waals surface area contributed by atoms with Gasteiger partial charge in [-0.25, -0.2) is 9.59 Å². The van der Waals surface area contributed by atoms with E-state index in [0.717, 1.165) is 18.5 Å². The quantitative estimate of drug-likeness (QED) is 0.522. The van der Waals surface area contributed by atoms with Crippen LogP contribution in [-0.2, 0) is 24.1 Å². The summed E-state index contributed by atoms with van der Waals surface area (Å²) in [6, 6.07) is 10.8. The van der Waals surface area contributed by atoms with E-state index in [-0.39, 0.29) is 18.0 Å². The molecule has 1 atom stereocenters. The second-order valence-electron chi connectivity index (χ2n) is 8.33. The predicted molar refractivity (Wildman–Crippen MR) is 126 cm³/mol. The average Bonchev–Trinajstić information content (AvgIpc) is 3.40. The highest BCUT2D eigenvalue weighted by Crippen LogP contribution is 2.42. The average molecular weight is 450 g/mol. The van der Waals surface area contributed by atoms with E-state index in [2.05, 4.69) is 35.1 Å². The van der Waals surface area contributed by atoms with Crippen molar-refractivity contribution in [1.29, 1.82) is 0 Å². The summed E-state index contributed by atoms with van der Waals surface area (Å²) < 4.78 is 7.30. The molecule has 0 spiro atoms. The van der Waals surface area contributed by atoms with Crippen LogP contribution in [0.5, 0.6) is 0 Å². The zero-order chi connectivity index (χ0) is 22.2. The molecule has 1 aliphatic heterocycles. The Morgan fingerprint density at radius 1 is 1.12 bits per heavy atom. The summed E-state index contributed by atoms with van der Waals surface area (Å²) in [6.07, 6.45) is 6.80. The summed E-state index contributed by atoms with van der Waals surface area (Å²) in [6.45, 7) is 4.79. The number of rotatable bonds is 3.